The van der Waals surface area contributed by atoms with E-state index < -0.39 is 41.2 Å². The Hall–Kier alpha value is -3.96. The highest BCUT2D eigenvalue weighted by Gasteiger charge is 2.31. The molecule has 0 aliphatic rings. The quantitative estimate of drug-likeness (QED) is 0.0247. The van der Waals surface area contributed by atoms with Gasteiger partial charge in [-0.15, -0.1) is 19.7 Å². The first-order valence-electron chi connectivity index (χ1n) is 23.8. The number of hydrogen-bond acceptors (Lipinski definition) is 12. The van der Waals surface area contributed by atoms with Gasteiger partial charge in [-0.25, -0.2) is 0 Å². The molecule has 0 aromatic heterocycles. The lowest BCUT2D eigenvalue weighted by atomic mass is 9.94. The Morgan fingerprint density at radius 1 is 0.323 bits per heavy atom. The molecule has 0 bridgehead atoms. The third-order valence-corrected chi connectivity index (χ3v) is 10.3. The average molecular weight is 877 g/mol. The van der Waals surface area contributed by atoms with Crippen LogP contribution in [0.25, 0.3) is 0 Å². The number of rotatable bonds is 45. The molecule has 12 nitrogen and oxygen atoms in total. The summed E-state index contributed by atoms with van der Waals surface area (Å²) in [6.07, 6.45) is 30.3. The standard InChI is InChI=1S/C50H84O12/c1-5-8-11-14-17-20-23-26-29-38-57-44(51)32-35-47(54)60-41-50(4,42-61-48(55)36-33-45(52)58-39-30-27-24-21-18-15-12-9-6-2)43-62-49(56)37-34-46(53)59-40-31-28-25-22-19-16-13-10-7-3/h5-7H,1-3,8-43H2,4H3. The van der Waals surface area contributed by atoms with Gasteiger partial charge in [0, 0.05) is 0 Å². The molecule has 0 radical (unpaired) electrons. The van der Waals surface area contributed by atoms with E-state index >= 15 is 0 Å². The van der Waals surface area contributed by atoms with Crippen LogP contribution in [0.3, 0.4) is 0 Å². The van der Waals surface area contributed by atoms with Crippen molar-refractivity contribution < 1.29 is 57.2 Å². The maximum absolute atomic E-state index is 12.6. The number of esters is 6. The molecule has 0 rings (SSSR count). The highest BCUT2D eigenvalue weighted by molar-refractivity contribution is 5.79. The minimum Gasteiger partial charge on any atom is -0.466 e. The summed E-state index contributed by atoms with van der Waals surface area (Å²) in [5.74, 6) is -3.49. The molecule has 0 N–H and O–H groups in total. The molecule has 0 unspecified atom stereocenters. The molecule has 0 aliphatic heterocycles. The first-order valence-corrected chi connectivity index (χ1v) is 23.8. The van der Waals surface area contributed by atoms with Gasteiger partial charge in [-0.1, -0.05) is 115 Å². The van der Waals surface area contributed by atoms with Crippen LogP contribution in [-0.4, -0.2) is 75.5 Å². The van der Waals surface area contributed by atoms with Crippen LogP contribution in [-0.2, 0) is 57.2 Å². The second-order valence-electron chi connectivity index (χ2n) is 16.6. The van der Waals surface area contributed by atoms with E-state index in [0.717, 1.165) is 96.3 Å². The Morgan fingerprint density at radius 2 is 0.516 bits per heavy atom. The first kappa shape index (κ1) is 58.0. The third kappa shape index (κ3) is 40.1. The lowest BCUT2D eigenvalue weighted by Gasteiger charge is -2.28. The van der Waals surface area contributed by atoms with Crippen LogP contribution in [0, 0.1) is 5.41 Å². The van der Waals surface area contributed by atoms with Gasteiger partial charge in [0.25, 0.3) is 0 Å². The number of carbonyl (C=O) groups excluding carboxylic acids is 6. The number of hydrogen-bond donors (Lipinski definition) is 0. The Kier molecular flexibility index (Phi) is 39.6. The summed E-state index contributed by atoms with van der Waals surface area (Å²) in [7, 11) is 0. The van der Waals surface area contributed by atoms with Gasteiger partial charge in [0.05, 0.1) is 63.8 Å². The summed E-state index contributed by atoms with van der Waals surface area (Å²) in [4.78, 5) is 74.6. The molecule has 0 atom stereocenters. The summed E-state index contributed by atoms with van der Waals surface area (Å²) >= 11 is 0. The van der Waals surface area contributed by atoms with Crippen molar-refractivity contribution in [3.05, 3.63) is 38.0 Å². The molecular formula is C50H84O12. The fraction of sp³-hybridized carbons (Fsp3) is 0.760. The molecular weight excluding hydrogens is 793 g/mol. The maximum Gasteiger partial charge on any atom is 0.306 e. The largest absolute Gasteiger partial charge is 0.466 e. The van der Waals surface area contributed by atoms with E-state index in [9.17, 15) is 28.8 Å². The predicted octanol–water partition coefficient (Wildman–Crippen LogP) is 11.5. The normalized spacial score (nSPS) is 11.0. The van der Waals surface area contributed by atoms with Crippen molar-refractivity contribution in [1.29, 1.82) is 0 Å². The van der Waals surface area contributed by atoms with Gasteiger partial charge in [-0.2, -0.15) is 0 Å². The first-order chi connectivity index (χ1) is 30.0. The van der Waals surface area contributed by atoms with Gasteiger partial charge >= 0.3 is 35.8 Å². The lowest BCUT2D eigenvalue weighted by Crippen LogP contribution is -2.37. The van der Waals surface area contributed by atoms with Crippen LogP contribution < -0.4 is 0 Å². The minimum atomic E-state index is -1.16. The van der Waals surface area contributed by atoms with E-state index in [2.05, 4.69) is 19.7 Å². The summed E-state index contributed by atoms with van der Waals surface area (Å²) in [5, 5.41) is 0. The van der Waals surface area contributed by atoms with Crippen molar-refractivity contribution in [1.82, 2.24) is 0 Å². The zero-order valence-electron chi connectivity index (χ0n) is 38.7. The summed E-state index contributed by atoms with van der Waals surface area (Å²) in [6.45, 7) is 12.8. The molecule has 0 aliphatic carbocycles. The lowest BCUT2D eigenvalue weighted by molar-refractivity contribution is -0.164. The summed E-state index contributed by atoms with van der Waals surface area (Å²) in [6, 6.07) is 0. The van der Waals surface area contributed by atoms with E-state index in [1.54, 1.807) is 6.92 Å². The zero-order chi connectivity index (χ0) is 45.8. The number of unbranched alkanes of at least 4 members (excludes halogenated alkanes) is 21. The second-order valence-corrected chi connectivity index (χ2v) is 16.6. The molecule has 0 fully saturated rings. The van der Waals surface area contributed by atoms with Gasteiger partial charge in [-0.05, 0) is 64.7 Å². The van der Waals surface area contributed by atoms with Crippen LogP contribution in [0.4, 0.5) is 0 Å². The third-order valence-electron chi connectivity index (χ3n) is 10.3. The molecule has 0 amide bonds. The Morgan fingerprint density at radius 3 is 0.742 bits per heavy atom. The van der Waals surface area contributed by atoms with Crippen molar-refractivity contribution in [2.45, 2.75) is 200 Å². The van der Waals surface area contributed by atoms with Gasteiger partial charge in [-0.3, -0.25) is 28.8 Å². The molecule has 0 heterocycles. The molecule has 0 saturated carbocycles. The molecule has 0 saturated heterocycles. The number of allylic oxidation sites excluding steroid dienone is 3. The fourth-order valence-corrected chi connectivity index (χ4v) is 6.32. The SMILES string of the molecule is C=CCCCCCCCCCOC(=O)CCC(=O)OCC(C)(COC(=O)CCC(=O)OCCCCCCCCCC=C)COC(=O)CCC(=O)OCCCCCCCCCC=C. The van der Waals surface area contributed by atoms with Crippen LogP contribution in [0.5, 0.6) is 0 Å². The molecule has 0 aromatic rings. The minimum absolute atomic E-state index is 0.151. The van der Waals surface area contributed by atoms with Crippen molar-refractivity contribution >= 4 is 35.8 Å². The maximum atomic E-state index is 12.6. The second kappa shape index (κ2) is 42.3. The van der Waals surface area contributed by atoms with Crippen molar-refractivity contribution in [3.8, 4) is 0 Å². The van der Waals surface area contributed by atoms with Gasteiger partial charge < -0.3 is 28.4 Å². The monoisotopic (exact) mass is 877 g/mol. The Labute approximate surface area is 374 Å². The summed E-state index contributed by atoms with van der Waals surface area (Å²) in [5.41, 5.74) is -1.16. The van der Waals surface area contributed by atoms with Gasteiger partial charge in [0.1, 0.15) is 19.8 Å². The highest BCUT2D eigenvalue weighted by atomic mass is 16.6. The Balaban J connectivity index is 4.74. The Bertz CT molecular complexity index is 1080. The van der Waals surface area contributed by atoms with E-state index in [1.165, 1.54) is 57.8 Å². The molecule has 0 spiro atoms. The van der Waals surface area contributed by atoms with Crippen molar-refractivity contribution in [3.63, 3.8) is 0 Å². The van der Waals surface area contributed by atoms with E-state index in [1.807, 2.05) is 18.2 Å². The van der Waals surface area contributed by atoms with Gasteiger partial charge in [0.15, 0.2) is 0 Å². The van der Waals surface area contributed by atoms with Crippen LogP contribution in [0.2, 0.25) is 0 Å². The van der Waals surface area contributed by atoms with Crippen molar-refractivity contribution in [2.75, 3.05) is 39.6 Å². The smallest absolute Gasteiger partial charge is 0.306 e. The number of ether oxygens (including phenoxy) is 6. The zero-order valence-corrected chi connectivity index (χ0v) is 38.7. The molecule has 356 valence electrons. The van der Waals surface area contributed by atoms with E-state index in [4.69, 9.17) is 28.4 Å². The van der Waals surface area contributed by atoms with Crippen LogP contribution in [0.1, 0.15) is 200 Å². The summed E-state index contributed by atoms with van der Waals surface area (Å²) < 4.78 is 32.1. The van der Waals surface area contributed by atoms with Crippen molar-refractivity contribution in [2.24, 2.45) is 5.41 Å². The highest BCUT2D eigenvalue weighted by Crippen LogP contribution is 2.21. The molecule has 12 heteroatoms. The number of carbonyl (C=O) groups is 6. The average Bonchev–Trinajstić information content (AvgIpc) is 3.26. The topological polar surface area (TPSA) is 158 Å². The van der Waals surface area contributed by atoms with Gasteiger partial charge in [0.2, 0.25) is 0 Å². The van der Waals surface area contributed by atoms with Crippen LogP contribution in [0.15, 0.2) is 38.0 Å². The van der Waals surface area contributed by atoms with E-state index in [-0.39, 0.29) is 58.3 Å². The fourth-order valence-electron chi connectivity index (χ4n) is 6.32. The molecule has 62 heavy (non-hydrogen) atoms. The molecule has 0 aromatic carbocycles. The van der Waals surface area contributed by atoms with E-state index in [0.29, 0.717) is 19.8 Å². The van der Waals surface area contributed by atoms with Crippen LogP contribution >= 0.6 is 0 Å². The predicted molar refractivity (Wildman–Crippen MR) is 243 cm³/mol.